The molecule has 2 amide bonds. The fourth-order valence-electron chi connectivity index (χ4n) is 2.08. The largest absolute Gasteiger partial charge is 0.479 e. The Hall–Kier alpha value is -1.67. The number of hydrogen-bond acceptors (Lipinski definition) is 5. The van der Waals surface area contributed by atoms with Crippen molar-refractivity contribution in [1.82, 2.24) is 15.6 Å². The molecule has 3 N–H and O–H groups in total. The standard InChI is InChI=1S/C13H19N3O4S/c1-3-9-6-14-10(21-9)8(2)15-12(19)16-13(11(17)18)4-5-20-7-13/h6,8H,3-5,7H2,1-2H3,(H,17,18)(H2,15,16,19). The van der Waals surface area contributed by atoms with Crippen molar-refractivity contribution < 1.29 is 19.4 Å². The SMILES string of the molecule is CCc1cnc(C(C)NC(=O)NC2(C(=O)O)CCOC2)s1. The van der Waals surface area contributed by atoms with Gasteiger partial charge in [0.25, 0.3) is 0 Å². The minimum atomic E-state index is -1.33. The lowest BCUT2D eigenvalue weighted by Crippen LogP contribution is -2.57. The van der Waals surface area contributed by atoms with E-state index < -0.39 is 17.5 Å². The summed E-state index contributed by atoms with van der Waals surface area (Å²) in [5.41, 5.74) is -1.33. The Balaban J connectivity index is 1.96. The Morgan fingerprint density at radius 2 is 2.38 bits per heavy atom. The normalized spacial score (nSPS) is 22.8. The van der Waals surface area contributed by atoms with E-state index in [0.29, 0.717) is 6.61 Å². The Kier molecular flexibility index (Phi) is 4.79. The lowest BCUT2D eigenvalue weighted by Gasteiger charge is -2.24. The molecule has 0 aliphatic carbocycles. The first-order valence-corrected chi connectivity index (χ1v) is 7.63. The van der Waals surface area contributed by atoms with Crippen molar-refractivity contribution >= 4 is 23.3 Å². The van der Waals surface area contributed by atoms with E-state index >= 15 is 0 Å². The summed E-state index contributed by atoms with van der Waals surface area (Å²) in [6.45, 7) is 4.17. The number of aryl methyl sites for hydroxylation is 1. The van der Waals surface area contributed by atoms with Crippen molar-refractivity contribution in [2.45, 2.75) is 38.3 Å². The van der Waals surface area contributed by atoms with Crippen LogP contribution in [0.4, 0.5) is 4.79 Å². The Bertz CT molecular complexity index is 525. The van der Waals surface area contributed by atoms with Crippen LogP contribution >= 0.6 is 11.3 Å². The topological polar surface area (TPSA) is 101 Å². The third kappa shape index (κ3) is 3.51. The van der Waals surface area contributed by atoms with Gasteiger partial charge in [-0.25, -0.2) is 14.6 Å². The number of hydrogen-bond donors (Lipinski definition) is 3. The van der Waals surface area contributed by atoms with Gasteiger partial charge in [-0.1, -0.05) is 6.92 Å². The fraction of sp³-hybridized carbons (Fsp3) is 0.615. The summed E-state index contributed by atoms with van der Waals surface area (Å²) in [4.78, 5) is 28.7. The number of amides is 2. The van der Waals surface area contributed by atoms with Gasteiger partial charge in [0.1, 0.15) is 5.01 Å². The number of urea groups is 1. The maximum absolute atomic E-state index is 12.0. The quantitative estimate of drug-likeness (QED) is 0.761. The van der Waals surface area contributed by atoms with Crippen LogP contribution in [0.15, 0.2) is 6.20 Å². The van der Waals surface area contributed by atoms with Crippen LogP contribution in [-0.2, 0) is 16.0 Å². The maximum atomic E-state index is 12.0. The molecule has 8 heteroatoms. The highest BCUT2D eigenvalue weighted by atomic mass is 32.1. The second kappa shape index (κ2) is 6.40. The molecule has 1 aromatic rings. The van der Waals surface area contributed by atoms with Crippen LogP contribution in [0.3, 0.4) is 0 Å². The van der Waals surface area contributed by atoms with Gasteiger partial charge in [-0.3, -0.25) is 0 Å². The van der Waals surface area contributed by atoms with Crippen molar-refractivity contribution in [1.29, 1.82) is 0 Å². The molecule has 1 aliphatic heterocycles. The first-order chi connectivity index (χ1) is 9.97. The van der Waals surface area contributed by atoms with Crippen LogP contribution < -0.4 is 10.6 Å². The molecule has 0 bridgehead atoms. The molecule has 7 nitrogen and oxygen atoms in total. The number of carboxylic acid groups (broad SMARTS) is 1. The van der Waals surface area contributed by atoms with E-state index in [1.807, 2.05) is 13.8 Å². The van der Waals surface area contributed by atoms with Crippen molar-refractivity contribution in [3.63, 3.8) is 0 Å². The van der Waals surface area contributed by atoms with E-state index in [1.54, 1.807) is 6.20 Å². The van der Waals surface area contributed by atoms with Gasteiger partial charge in [-0.15, -0.1) is 11.3 Å². The molecule has 2 heterocycles. The third-order valence-corrected chi connectivity index (χ3v) is 4.75. The van der Waals surface area contributed by atoms with Gasteiger partial charge in [0.15, 0.2) is 5.54 Å². The number of ether oxygens (including phenoxy) is 1. The molecule has 0 radical (unpaired) electrons. The third-order valence-electron chi connectivity index (χ3n) is 3.42. The summed E-state index contributed by atoms with van der Waals surface area (Å²) in [7, 11) is 0. The minimum absolute atomic E-state index is 0.0125. The molecule has 1 aromatic heterocycles. The lowest BCUT2D eigenvalue weighted by molar-refractivity contribution is -0.144. The van der Waals surface area contributed by atoms with E-state index in [4.69, 9.17) is 4.74 Å². The number of aliphatic carboxylic acids is 1. The molecule has 2 rings (SSSR count). The highest BCUT2D eigenvalue weighted by Crippen LogP contribution is 2.21. The number of thiazole rings is 1. The van der Waals surface area contributed by atoms with Crippen molar-refractivity contribution in [2.24, 2.45) is 0 Å². The summed E-state index contributed by atoms with van der Waals surface area (Å²) in [5.74, 6) is -1.08. The van der Waals surface area contributed by atoms with Crippen molar-refractivity contribution in [3.8, 4) is 0 Å². The molecule has 21 heavy (non-hydrogen) atoms. The smallest absolute Gasteiger partial charge is 0.332 e. The zero-order chi connectivity index (χ0) is 15.5. The predicted octanol–water partition coefficient (Wildman–Crippen LogP) is 1.31. The summed E-state index contributed by atoms with van der Waals surface area (Å²) in [6, 6.07) is -0.799. The molecule has 2 unspecified atom stereocenters. The number of nitrogens with one attached hydrogen (secondary N) is 2. The summed E-state index contributed by atoms with van der Waals surface area (Å²) in [5, 5.41) is 15.3. The number of carboxylic acids is 1. The predicted molar refractivity (Wildman–Crippen MR) is 77.4 cm³/mol. The van der Waals surface area contributed by atoms with Crippen LogP contribution in [0, 0.1) is 0 Å². The van der Waals surface area contributed by atoms with Gasteiger partial charge in [0.05, 0.1) is 12.6 Å². The minimum Gasteiger partial charge on any atom is -0.479 e. The van der Waals surface area contributed by atoms with E-state index in [2.05, 4.69) is 15.6 Å². The van der Waals surface area contributed by atoms with Crippen molar-refractivity contribution in [3.05, 3.63) is 16.1 Å². The number of aromatic nitrogens is 1. The Morgan fingerprint density at radius 1 is 1.62 bits per heavy atom. The van der Waals surface area contributed by atoms with E-state index in [9.17, 15) is 14.7 Å². The van der Waals surface area contributed by atoms with Crippen LogP contribution in [0.2, 0.25) is 0 Å². The molecule has 1 saturated heterocycles. The van der Waals surface area contributed by atoms with Crippen LogP contribution in [-0.4, -0.2) is 40.8 Å². The van der Waals surface area contributed by atoms with Crippen LogP contribution in [0.5, 0.6) is 0 Å². The van der Waals surface area contributed by atoms with Gasteiger partial charge < -0.3 is 20.5 Å². The Morgan fingerprint density at radius 3 is 2.90 bits per heavy atom. The van der Waals surface area contributed by atoms with E-state index in [0.717, 1.165) is 16.3 Å². The number of rotatable bonds is 5. The van der Waals surface area contributed by atoms with Crippen LogP contribution in [0.25, 0.3) is 0 Å². The van der Waals surface area contributed by atoms with Gasteiger partial charge in [-0.05, 0) is 13.3 Å². The van der Waals surface area contributed by atoms with Gasteiger partial charge in [-0.2, -0.15) is 0 Å². The molecular weight excluding hydrogens is 294 g/mol. The average Bonchev–Trinajstić information content (AvgIpc) is 3.07. The number of nitrogens with zero attached hydrogens (tertiary/aromatic N) is 1. The molecule has 1 fully saturated rings. The summed E-state index contributed by atoms with van der Waals surface area (Å²) < 4.78 is 5.10. The first-order valence-electron chi connectivity index (χ1n) is 6.81. The number of carbonyl (C=O) groups excluding carboxylic acids is 1. The Labute approximate surface area is 126 Å². The molecule has 1 aliphatic rings. The zero-order valence-corrected chi connectivity index (χ0v) is 12.8. The van der Waals surface area contributed by atoms with Crippen LogP contribution in [0.1, 0.15) is 36.2 Å². The molecular formula is C13H19N3O4S. The second-order valence-electron chi connectivity index (χ2n) is 5.03. The average molecular weight is 313 g/mol. The molecule has 116 valence electrons. The molecule has 0 saturated carbocycles. The monoisotopic (exact) mass is 313 g/mol. The summed E-state index contributed by atoms with van der Waals surface area (Å²) in [6.07, 6.45) is 2.96. The highest BCUT2D eigenvalue weighted by Gasteiger charge is 2.44. The molecule has 0 aromatic carbocycles. The molecule has 2 atom stereocenters. The number of carbonyl (C=O) groups is 2. The highest BCUT2D eigenvalue weighted by molar-refractivity contribution is 7.11. The van der Waals surface area contributed by atoms with Gasteiger partial charge in [0, 0.05) is 24.1 Å². The zero-order valence-electron chi connectivity index (χ0n) is 12.0. The fourth-order valence-corrected chi connectivity index (χ4v) is 2.94. The lowest BCUT2D eigenvalue weighted by atomic mass is 9.99. The summed E-state index contributed by atoms with van der Waals surface area (Å²) >= 11 is 1.54. The van der Waals surface area contributed by atoms with Gasteiger partial charge >= 0.3 is 12.0 Å². The molecule has 0 spiro atoms. The van der Waals surface area contributed by atoms with Crippen molar-refractivity contribution in [2.75, 3.05) is 13.2 Å². The second-order valence-corrected chi connectivity index (χ2v) is 6.18. The van der Waals surface area contributed by atoms with Gasteiger partial charge in [0.2, 0.25) is 0 Å². The first kappa shape index (κ1) is 15.7. The maximum Gasteiger partial charge on any atom is 0.332 e. The van der Waals surface area contributed by atoms with E-state index in [1.165, 1.54) is 11.3 Å². The van der Waals surface area contributed by atoms with E-state index in [-0.39, 0.29) is 19.1 Å².